The average Bonchev–Trinajstić information content (AvgIpc) is 3.15. The van der Waals surface area contributed by atoms with Crippen LogP contribution >= 0.6 is 11.3 Å². The zero-order chi connectivity index (χ0) is 20.7. The molecule has 4 nitrogen and oxygen atoms in total. The first-order chi connectivity index (χ1) is 12.9. The van der Waals surface area contributed by atoms with E-state index in [-0.39, 0.29) is 5.54 Å². The second kappa shape index (κ2) is 7.47. The van der Waals surface area contributed by atoms with Crippen LogP contribution in [-0.4, -0.2) is 18.7 Å². The largest absolute Gasteiger partial charge is 0.325 e. The Morgan fingerprint density at radius 1 is 1.18 bits per heavy atom. The van der Waals surface area contributed by atoms with E-state index in [2.05, 4.69) is 48.9 Å². The first-order valence-corrected chi connectivity index (χ1v) is 12.2. The molecule has 1 saturated carbocycles. The predicted molar refractivity (Wildman–Crippen MR) is 120 cm³/mol. The number of nitrogens with one attached hydrogen (secondary N) is 1. The molecule has 154 valence electrons. The van der Waals surface area contributed by atoms with Gasteiger partial charge in [-0.15, -0.1) is 11.3 Å². The second-order valence-corrected chi connectivity index (χ2v) is 13.1. The zero-order valence-corrected chi connectivity index (χ0v) is 19.1. The van der Waals surface area contributed by atoms with Gasteiger partial charge in [0.1, 0.15) is 5.00 Å². The monoisotopic (exact) mass is 420 g/mol. The minimum absolute atomic E-state index is 0.0121. The summed E-state index contributed by atoms with van der Waals surface area (Å²) in [5, 5.41) is 0.704. The number of nitrogens with two attached hydrogens (primary N) is 1. The van der Waals surface area contributed by atoms with Crippen molar-refractivity contribution in [2.75, 3.05) is 4.72 Å². The van der Waals surface area contributed by atoms with Crippen LogP contribution in [0.5, 0.6) is 0 Å². The topological polar surface area (TPSA) is 72.2 Å². The summed E-state index contributed by atoms with van der Waals surface area (Å²) in [6, 6.07) is 10.5. The van der Waals surface area contributed by atoms with Crippen molar-refractivity contribution in [3.63, 3.8) is 0 Å². The predicted octanol–water partition coefficient (Wildman–Crippen LogP) is 5.19. The summed E-state index contributed by atoms with van der Waals surface area (Å²) in [6.07, 6.45) is 4.02. The molecule has 0 spiro atoms. The Morgan fingerprint density at radius 3 is 2.29 bits per heavy atom. The van der Waals surface area contributed by atoms with Crippen molar-refractivity contribution in [3.05, 3.63) is 40.8 Å². The van der Waals surface area contributed by atoms with Crippen LogP contribution in [0.15, 0.2) is 30.3 Å². The molecule has 2 aromatic rings. The van der Waals surface area contributed by atoms with Crippen molar-refractivity contribution < 1.29 is 8.42 Å². The standard InChI is InChI=1S/C22H32N2O2S2/c1-15(2)12-18-13-19(20(27-18)24-28(25,26)21(3,4)5)17-8-6-16(7-9-17)14-22(23)10-11-22/h6-9,13,15,24H,10-12,14,23H2,1-5H3. The molecule has 6 heteroatoms. The molecule has 0 bridgehead atoms. The van der Waals surface area contributed by atoms with Crippen molar-refractivity contribution >= 4 is 26.4 Å². The third-order valence-electron chi connectivity index (χ3n) is 5.14. The SMILES string of the molecule is CC(C)Cc1cc(-c2ccc(CC3(N)CC3)cc2)c(NS(=O)(=O)C(C)(C)C)s1. The van der Waals surface area contributed by atoms with Crippen molar-refractivity contribution in [2.24, 2.45) is 11.7 Å². The van der Waals surface area contributed by atoms with Gasteiger partial charge in [0.25, 0.3) is 0 Å². The fourth-order valence-corrected chi connectivity index (χ4v) is 5.35. The van der Waals surface area contributed by atoms with Gasteiger partial charge >= 0.3 is 0 Å². The molecule has 1 aromatic heterocycles. The van der Waals surface area contributed by atoms with Gasteiger partial charge in [0.15, 0.2) is 0 Å². The molecule has 1 fully saturated rings. The molecule has 3 N–H and O–H groups in total. The van der Waals surface area contributed by atoms with E-state index in [9.17, 15) is 8.42 Å². The third kappa shape index (κ3) is 4.97. The molecular weight excluding hydrogens is 388 g/mol. The number of sulfonamides is 1. The quantitative estimate of drug-likeness (QED) is 0.647. The van der Waals surface area contributed by atoms with Crippen molar-refractivity contribution in [1.82, 2.24) is 0 Å². The molecule has 0 atom stereocenters. The van der Waals surface area contributed by atoms with Crippen LogP contribution in [-0.2, 0) is 22.9 Å². The molecule has 0 aliphatic heterocycles. The number of hydrogen-bond acceptors (Lipinski definition) is 4. The summed E-state index contributed by atoms with van der Waals surface area (Å²) >= 11 is 1.54. The Morgan fingerprint density at radius 2 is 1.79 bits per heavy atom. The highest BCUT2D eigenvalue weighted by atomic mass is 32.2. The van der Waals surface area contributed by atoms with Crippen LogP contribution in [0.3, 0.4) is 0 Å². The van der Waals surface area contributed by atoms with E-state index < -0.39 is 14.8 Å². The second-order valence-electron chi connectivity index (χ2n) is 9.51. The minimum Gasteiger partial charge on any atom is -0.325 e. The summed E-state index contributed by atoms with van der Waals surface area (Å²) in [4.78, 5) is 1.19. The molecule has 1 heterocycles. The van der Waals surface area contributed by atoms with Crippen LogP contribution in [0.4, 0.5) is 5.00 Å². The molecule has 0 unspecified atom stereocenters. The maximum Gasteiger partial charge on any atom is 0.238 e. The summed E-state index contributed by atoms with van der Waals surface area (Å²) in [5.74, 6) is 0.514. The fourth-order valence-electron chi connectivity index (χ4n) is 3.06. The van der Waals surface area contributed by atoms with Gasteiger partial charge in [-0.3, -0.25) is 4.72 Å². The van der Waals surface area contributed by atoms with Gasteiger partial charge in [0, 0.05) is 16.0 Å². The highest BCUT2D eigenvalue weighted by Gasteiger charge is 2.37. The lowest BCUT2D eigenvalue weighted by atomic mass is 10.0. The van der Waals surface area contributed by atoms with Crippen molar-refractivity contribution in [1.29, 1.82) is 0 Å². The van der Waals surface area contributed by atoms with Gasteiger partial charge in [-0.2, -0.15) is 0 Å². The number of anilines is 1. The first-order valence-electron chi connectivity index (χ1n) is 9.92. The Labute approximate surface area is 173 Å². The smallest absolute Gasteiger partial charge is 0.238 e. The highest BCUT2D eigenvalue weighted by molar-refractivity contribution is 7.94. The maximum atomic E-state index is 12.7. The van der Waals surface area contributed by atoms with Gasteiger partial charge in [-0.25, -0.2) is 8.42 Å². The molecule has 1 aliphatic carbocycles. The lowest BCUT2D eigenvalue weighted by molar-refractivity contribution is 0.566. The molecule has 28 heavy (non-hydrogen) atoms. The van der Waals surface area contributed by atoms with Crippen LogP contribution in [0.25, 0.3) is 11.1 Å². The van der Waals surface area contributed by atoms with Crippen molar-refractivity contribution in [2.45, 2.75) is 70.6 Å². The summed E-state index contributed by atoms with van der Waals surface area (Å²) in [5.41, 5.74) is 9.44. The Bertz CT molecular complexity index is 932. The molecule has 0 radical (unpaired) electrons. The van der Waals surface area contributed by atoms with Gasteiger partial charge < -0.3 is 5.73 Å². The van der Waals surface area contributed by atoms with E-state index in [1.807, 2.05) is 0 Å². The third-order valence-corrected chi connectivity index (χ3v) is 8.43. The number of rotatable bonds is 7. The van der Waals surface area contributed by atoms with E-state index in [0.717, 1.165) is 36.8 Å². The van der Waals surface area contributed by atoms with E-state index in [1.165, 1.54) is 21.8 Å². The number of thiophene rings is 1. The zero-order valence-electron chi connectivity index (χ0n) is 17.5. The van der Waals surface area contributed by atoms with E-state index in [0.29, 0.717) is 10.9 Å². The normalized spacial score (nSPS) is 16.4. The maximum absolute atomic E-state index is 12.7. The fraction of sp³-hybridized carbons (Fsp3) is 0.545. The lowest BCUT2D eigenvalue weighted by Gasteiger charge is -2.20. The molecule has 0 saturated heterocycles. The highest BCUT2D eigenvalue weighted by Crippen LogP contribution is 2.40. The summed E-state index contributed by atoms with van der Waals surface area (Å²) < 4.78 is 27.5. The first kappa shape index (κ1) is 21.3. The van der Waals surface area contributed by atoms with Crippen LogP contribution in [0.2, 0.25) is 0 Å². The minimum atomic E-state index is -3.48. The average molecular weight is 421 g/mol. The number of benzene rings is 1. The van der Waals surface area contributed by atoms with E-state index in [1.54, 1.807) is 20.8 Å². The van der Waals surface area contributed by atoms with Crippen LogP contribution in [0, 0.1) is 5.92 Å². The van der Waals surface area contributed by atoms with E-state index >= 15 is 0 Å². The molecule has 3 rings (SSSR count). The van der Waals surface area contributed by atoms with Gasteiger partial charge in [0.2, 0.25) is 10.0 Å². The van der Waals surface area contributed by atoms with Gasteiger partial charge in [-0.1, -0.05) is 38.1 Å². The van der Waals surface area contributed by atoms with Crippen molar-refractivity contribution in [3.8, 4) is 11.1 Å². The van der Waals surface area contributed by atoms with Crippen LogP contribution < -0.4 is 10.5 Å². The summed E-state index contributed by atoms with van der Waals surface area (Å²) in [7, 11) is -3.48. The van der Waals surface area contributed by atoms with Gasteiger partial charge in [0.05, 0.1) is 4.75 Å². The lowest BCUT2D eigenvalue weighted by Crippen LogP contribution is -2.33. The van der Waals surface area contributed by atoms with Crippen LogP contribution in [0.1, 0.15) is 57.9 Å². The Kier molecular flexibility index (Phi) is 5.69. The Balaban J connectivity index is 1.93. The number of hydrogen-bond donors (Lipinski definition) is 2. The molecule has 1 aliphatic rings. The van der Waals surface area contributed by atoms with E-state index in [4.69, 9.17) is 5.73 Å². The molecule has 0 amide bonds. The molecule has 1 aromatic carbocycles. The molecular formula is C22H32N2O2S2. The Hall–Kier alpha value is -1.37. The van der Waals surface area contributed by atoms with Gasteiger partial charge in [-0.05, 0) is 69.6 Å². The summed E-state index contributed by atoms with van der Waals surface area (Å²) in [6.45, 7) is 9.49.